The monoisotopic (exact) mass is 305 g/mol. The molecule has 0 spiro atoms. The Morgan fingerprint density at radius 3 is 2.65 bits per heavy atom. The van der Waals surface area contributed by atoms with Crippen LogP contribution in [0.1, 0.15) is 6.42 Å². The van der Waals surface area contributed by atoms with Crippen molar-refractivity contribution in [3.63, 3.8) is 0 Å². The van der Waals surface area contributed by atoms with Crippen LogP contribution in [0.15, 0.2) is 23.1 Å². The average Bonchev–Trinajstić information content (AvgIpc) is 2.38. The zero-order valence-corrected chi connectivity index (χ0v) is 12.0. The Labute approximate surface area is 116 Å². The smallest absolute Gasteiger partial charge is 0.320 e. The third kappa shape index (κ3) is 3.50. The zero-order valence-electron chi connectivity index (χ0n) is 11.2. The molecule has 0 heterocycles. The van der Waals surface area contributed by atoms with Gasteiger partial charge in [-0.2, -0.15) is 4.39 Å². The number of nitrogens with one attached hydrogen (secondary N) is 1. The molecule has 1 rings (SSSR count). The fourth-order valence-corrected chi connectivity index (χ4v) is 3.02. The van der Waals surface area contributed by atoms with Gasteiger partial charge in [0.15, 0.2) is 4.90 Å². The maximum Gasteiger partial charge on any atom is 0.324 e. The predicted octanol–water partition coefficient (Wildman–Crippen LogP) is 0.964. The van der Waals surface area contributed by atoms with Gasteiger partial charge in [0.1, 0.15) is 0 Å². The molecule has 0 saturated heterocycles. The first kappa shape index (κ1) is 16.5. The molecule has 0 aliphatic carbocycles. The molecule has 0 atom stereocenters. The number of halogens is 1. The van der Waals surface area contributed by atoms with Crippen molar-refractivity contribution in [1.82, 2.24) is 9.62 Å². The van der Waals surface area contributed by atoms with Crippen molar-refractivity contribution in [3.8, 4) is 0 Å². The van der Waals surface area contributed by atoms with Gasteiger partial charge >= 0.3 is 5.69 Å². The second-order valence-corrected chi connectivity index (χ2v) is 6.14. The molecule has 1 aromatic carbocycles. The highest BCUT2D eigenvalue weighted by atomic mass is 32.2. The average molecular weight is 305 g/mol. The Kier molecular flexibility index (Phi) is 5.54. The van der Waals surface area contributed by atoms with Gasteiger partial charge in [-0.1, -0.05) is 6.07 Å². The number of nitro benzene ring substituents is 1. The molecule has 0 saturated carbocycles. The fraction of sp³-hybridized carbons (Fsp3) is 0.455. The van der Waals surface area contributed by atoms with Crippen LogP contribution in [0.4, 0.5) is 10.1 Å². The van der Waals surface area contributed by atoms with E-state index in [1.54, 1.807) is 7.05 Å². The van der Waals surface area contributed by atoms with Crippen molar-refractivity contribution in [1.29, 1.82) is 0 Å². The molecule has 1 N–H and O–H groups in total. The van der Waals surface area contributed by atoms with E-state index in [-0.39, 0.29) is 6.54 Å². The van der Waals surface area contributed by atoms with Crippen LogP contribution in [-0.2, 0) is 10.0 Å². The molecule has 0 aromatic heterocycles. The number of benzene rings is 1. The van der Waals surface area contributed by atoms with Crippen molar-refractivity contribution >= 4 is 15.7 Å². The largest absolute Gasteiger partial charge is 0.324 e. The fourth-order valence-electron chi connectivity index (χ4n) is 1.65. The van der Waals surface area contributed by atoms with E-state index in [1.807, 2.05) is 0 Å². The number of para-hydroxylation sites is 1. The molecule has 0 bridgehead atoms. The molecule has 1 aromatic rings. The number of nitro groups is 1. The van der Waals surface area contributed by atoms with E-state index in [4.69, 9.17) is 0 Å². The number of rotatable bonds is 7. The van der Waals surface area contributed by atoms with Gasteiger partial charge < -0.3 is 5.32 Å². The summed E-state index contributed by atoms with van der Waals surface area (Å²) in [4.78, 5) is 9.19. The van der Waals surface area contributed by atoms with Crippen LogP contribution in [0.5, 0.6) is 0 Å². The van der Waals surface area contributed by atoms with E-state index in [1.165, 1.54) is 7.05 Å². The maximum atomic E-state index is 13.5. The van der Waals surface area contributed by atoms with Gasteiger partial charge in [-0.15, -0.1) is 0 Å². The van der Waals surface area contributed by atoms with E-state index in [0.29, 0.717) is 13.0 Å². The first-order valence-electron chi connectivity index (χ1n) is 5.86. The summed E-state index contributed by atoms with van der Waals surface area (Å²) in [6, 6.07) is 3.03. The van der Waals surface area contributed by atoms with Crippen LogP contribution in [0.2, 0.25) is 0 Å². The molecule has 0 fully saturated rings. The van der Waals surface area contributed by atoms with Crippen molar-refractivity contribution < 1.29 is 17.7 Å². The number of sulfonamides is 1. The van der Waals surface area contributed by atoms with Gasteiger partial charge in [0.25, 0.3) is 0 Å². The second-order valence-electron chi connectivity index (χ2n) is 4.13. The topological polar surface area (TPSA) is 92.6 Å². The minimum absolute atomic E-state index is 0.177. The van der Waals surface area contributed by atoms with E-state index in [9.17, 15) is 22.9 Å². The Morgan fingerprint density at radius 2 is 2.10 bits per heavy atom. The van der Waals surface area contributed by atoms with Crippen LogP contribution >= 0.6 is 0 Å². The van der Waals surface area contributed by atoms with E-state index >= 15 is 0 Å². The molecular formula is C11H16FN3O4S. The van der Waals surface area contributed by atoms with Crippen molar-refractivity contribution in [2.24, 2.45) is 0 Å². The van der Waals surface area contributed by atoms with Crippen LogP contribution in [-0.4, -0.2) is 44.8 Å². The van der Waals surface area contributed by atoms with Gasteiger partial charge in [0, 0.05) is 13.6 Å². The number of nitrogens with zero attached hydrogens (tertiary/aromatic N) is 2. The molecule has 0 aliphatic rings. The summed E-state index contributed by atoms with van der Waals surface area (Å²) in [5, 5.41) is 13.7. The quantitative estimate of drug-likeness (QED) is 0.460. The molecule has 0 radical (unpaired) electrons. The highest BCUT2D eigenvalue weighted by Crippen LogP contribution is 2.28. The third-order valence-electron chi connectivity index (χ3n) is 2.72. The minimum Gasteiger partial charge on any atom is -0.320 e. The molecule has 0 unspecified atom stereocenters. The lowest BCUT2D eigenvalue weighted by atomic mass is 10.3. The summed E-state index contributed by atoms with van der Waals surface area (Å²) in [7, 11) is -1.06. The molecule has 20 heavy (non-hydrogen) atoms. The first-order valence-corrected chi connectivity index (χ1v) is 7.30. The van der Waals surface area contributed by atoms with Crippen LogP contribution in [0.3, 0.4) is 0 Å². The Hall–Kier alpha value is -1.58. The first-order chi connectivity index (χ1) is 9.32. The Balaban J connectivity index is 3.16. The van der Waals surface area contributed by atoms with Crippen LogP contribution in [0, 0.1) is 15.9 Å². The summed E-state index contributed by atoms with van der Waals surface area (Å²) < 4.78 is 38.9. The lowest BCUT2D eigenvalue weighted by Gasteiger charge is -2.17. The van der Waals surface area contributed by atoms with Crippen LogP contribution in [0.25, 0.3) is 0 Å². The summed E-state index contributed by atoms with van der Waals surface area (Å²) in [6.45, 7) is 0.780. The highest BCUT2D eigenvalue weighted by molar-refractivity contribution is 7.89. The third-order valence-corrected chi connectivity index (χ3v) is 4.61. The standard InChI is InChI=1S/C11H16FN3O4S/c1-13-7-4-8-14(2)20(18,19)10-6-3-5-9(12)11(10)15(16)17/h3,5-6,13H,4,7-8H2,1-2H3. The normalized spacial score (nSPS) is 11.8. The predicted molar refractivity (Wildman–Crippen MR) is 71.4 cm³/mol. The van der Waals surface area contributed by atoms with E-state index in [2.05, 4.69) is 5.32 Å². The van der Waals surface area contributed by atoms with Crippen LogP contribution < -0.4 is 5.32 Å². The molecule has 7 nitrogen and oxygen atoms in total. The summed E-state index contributed by atoms with van der Waals surface area (Å²) in [5.74, 6) is -1.17. The van der Waals surface area contributed by atoms with Gasteiger partial charge in [-0.3, -0.25) is 10.1 Å². The summed E-state index contributed by atoms with van der Waals surface area (Å²) in [5.41, 5.74) is -1.02. The molecule has 0 amide bonds. The zero-order chi connectivity index (χ0) is 15.3. The lowest BCUT2D eigenvalue weighted by Crippen LogP contribution is -2.30. The van der Waals surface area contributed by atoms with Crippen molar-refractivity contribution in [2.45, 2.75) is 11.3 Å². The van der Waals surface area contributed by atoms with Gasteiger partial charge in [-0.05, 0) is 32.1 Å². The molecule has 112 valence electrons. The van der Waals surface area contributed by atoms with Crippen molar-refractivity contribution in [2.75, 3.05) is 27.2 Å². The number of hydrogen-bond acceptors (Lipinski definition) is 5. The molecule has 9 heteroatoms. The molecular weight excluding hydrogens is 289 g/mol. The van der Waals surface area contributed by atoms with Gasteiger partial charge in [-0.25, -0.2) is 12.7 Å². The second kappa shape index (κ2) is 6.73. The van der Waals surface area contributed by atoms with Gasteiger partial charge in [0.05, 0.1) is 4.92 Å². The Morgan fingerprint density at radius 1 is 1.45 bits per heavy atom. The molecule has 0 aliphatic heterocycles. The summed E-state index contributed by atoms with van der Waals surface area (Å²) >= 11 is 0. The SMILES string of the molecule is CNCCCN(C)S(=O)(=O)c1cccc(F)c1[N+](=O)[O-]. The highest BCUT2D eigenvalue weighted by Gasteiger charge is 2.32. The maximum absolute atomic E-state index is 13.5. The number of hydrogen-bond donors (Lipinski definition) is 1. The van der Waals surface area contributed by atoms with Crippen molar-refractivity contribution in [3.05, 3.63) is 34.1 Å². The lowest BCUT2D eigenvalue weighted by molar-refractivity contribution is -0.390. The van der Waals surface area contributed by atoms with Gasteiger partial charge in [0.2, 0.25) is 15.8 Å². The van der Waals surface area contributed by atoms with E-state index < -0.39 is 31.3 Å². The van der Waals surface area contributed by atoms with E-state index in [0.717, 1.165) is 22.5 Å². The summed E-state index contributed by atoms with van der Waals surface area (Å²) in [6.07, 6.45) is 0.537. The minimum atomic E-state index is -4.09. The Bertz CT molecular complexity index is 591.